The van der Waals surface area contributed by atoms with Crippen molar-refractivity contribution in [3.05, 3.63) is 102 Å². The second-order valence-corrected chi connectivity index (χ2v) is 7.77. The summed E-state index contributed by atoms with van der Waals surface area (Å²) < 4.78 is 6.01. The number of unbranched alkanes of at least 4 members (excludes halogenated alkanes) is 1. The third kappa shape index (κ3) is 5.37. The number of rotatable bonds is 9. The molecule has 0 amide bonds. The molecule has 5 heteroatoms. The Hall–Kier alpha value is -3.57. The number of hydrazine groups is 1. The highest BCUT2D eigenvalue weighted by Gasteiger charge is 2.20. The van der Waals surface area contributed by atoms with Crippen LogP contribution in [0.4, 0.5) is 5.69 Å². The van der Waals surface area contributed by atoms with Crippen LogP contribution in [0.3, 0.4) is 0 Å². The molecule has 1 aliphatic rings. The number of allylic oxidation sites excluding steroid dienone is 1. The van der Waals surface area contributed by atoms with E-state index in [0.29, 0.717) is 5.75 Å². The molecule has 32 heavy (non-hydrogen) atoms. The molecule has 4 rings (SSSR count). The maximum absolute atomic E-state index is 10.2. The number of aliphatic hydroxyl groups is 1. The largest absolute Gasteiger partial charge is 0.489 e. The van der Waals surface area contributed by atoms with E-state index in [1.807, 2.05) is 72.8 Å². The molecule has 164 valence electrons. The molecule has 3 aromatic carbocycles. The Morgan fingerprint density at radius 3 is 2.28 bits per heavy atom. The van der Waals surface area contributed by atoms with Gasteiger partial charge in [-0.05, 0) is 30.2 Å². The van der Waals surface area contributed by atoms with E-state index in [2.05, 4.69) is 30.6 Å². The molecule has 0 spiro atoms. The van der Waals surface area contributed by atoms with E-state index in [-0.39, 0.29) is 6.61 Å². The fourth-order valence-electron chi connectivity index (χ4n) is 3.54. The molecule has 0 bridgehead atoms. The summed E-state index contributed by atoms with van der Waals surface area (Å²) in [4.78, 5) is 0. The molecule has 0 saturated heterocycles. The average Bonchev–Trinajstić information content (AvgIpc) is 2.87. The van der Waals surface area contributed by atoms with E-state index >= 15 is 0 Å². The van der Waals surface area contributed by atoms with Crippen molar-refractivity contribution >= 4 is 17.1 Å². The quantitative estimate of drug-likeness (QED) is 0.481. The normalized spacial score (nSPS) is 14.2. The van der Waals surface area contributed by atoms with Crippen molar-refractivity contribution in [2.75, 3.05) is 11.7 Å². The molecule has 5 nitrogen and oxygen atoms in total. The lowest BCUT2D eigenvalue weighted by molar-refractivity contribution is 0.0981. The number of aliphatic hydroxyl groups excluding tert-OH is 1. The van der Waals surface area contributed by atoms with Crippen molar-refractivity contribution in [1.82, 2.24) is 5.43 Å². The molecule has 0 aromatic heterocycles. The Labute approximate surface area is 189 Å². The van der Waals surface area contributed by atoms with Crippen molar-refractivity contribution in [3.63, 3.8) is 0 Å². The second-order valence-electron chi connectivity index (χ2n) is 7.77. The number of nitrogens with zero attached hydrogens (tertiary/aromatic N) is 2. The second kappa shape index (κ2) is 10.6. The highest BCUT2D eigenvalue weighted by Crippen LogP contribution is 2.31. The molecule has 2 N–H and O–H groups in total. The molecule has 0 radical (unpaired) electrons. The standard InChI is InChI=1S/C27H29N3O2/c1-2-3-16-23(31)20-32-27-18-11-10-17-26(27)30-28-24(21-12-6-4-7-13-21)19-25(29-30)22-14-8-5-9-15-22/h4-15,17-19,23,28,31H,2-3,16,20H2,1H3. The Bertz CT molecular complexity index is 1060. The zero-order valence-electron chi connectivity index (χ0n) is 18.3. The first-order valence-corrected chi connectivity index (χ1v) is 11.1. The predicted octanol–water partition coefficient (Wildman–Crippen LogP) is 5.39. The summed E-state index contributed by atoms with van der Waals surface area (Å²) >= 11 is 0. The predicted molar refractivity (Wildman–Crippen MR) is 130 cm³/mol. The van der Waals surface area contributed by atoms with Gasteiger partial charge in [0.2, 0.25) is 0 Å². The van der Waals surface area contributed by atoms with Gasteiger partial charge in [0.05, 0.1) is 17.5 Å². The van der Waals surface area contributed by atoms with Crippen LogP contribution in [0.1, 0.15) is 37.3 Å². The molecular formula is C27H29N3O2. The molecular weight excluding hydrogens is 398 g/mol. The van der Waals surface area contributed by atoms with E-state index in [9.17, 15) is 5.11 Å². The SMILES string of the molecule is CCCCC(O)COc1ccccc1N1N=C(c2ccccc2)C=C(c2ccccc2)N1. The summed E-state index contributed by atoms with van der Waals surface area (Å²) in [5.74, 6) is 0.668. The first-order valence-electron chi connectivity index (χ1n) is 11.1. The molecule has 1 heterocycles. The number of anilines is 1. The molecule has 0 aliphatic carbocycles. The fourth-order valence-corrected chi connectivity index (χ4v) is 3.54. The van der Waals surface area contributed by atoms with Gasteiger partial charge in [-0.1, -0.05) is 92.6 Å². The number of hydrogen-bond acceptors (Lipinski definition) is 5. The highest BCUT2D eigenvalue weighted by atomic mass is 16.5. The van der Waals surface area contributed by atoms with Gasteiger partial charge >= 0.3 is 0 Å². The zero-order chi connectivity index (χ0) is 22.2. The van der Waals surface area contributed by atoms with Gasteiger partial charge in [-0.2, -0.15) is 10.2 Å². The Balaban J connectivity index is 1.64. The molecule has 0 saturated carbocycles. The molecule has 0 fully saturated rings. The summed E-state index contributed by atoms with van der Waals surface area (Å²) in [5, 5.41) is 16.8. The summed E-state index contributed by atoms with van der Waals surface area (Å²) in [6.45, 7) is 2.37. The van der Waals surface area contributed by atoms with Crippen molar-refractivity contribution in [3.8, 4) is 5.75 Å². The van der Waals surface area contributed by atoms with Crippen LogP contribution < -0.4 is 15.3 Å². The van der Waals surface area contributed by atoms with Gasteiger partial charge in [0, 0.05) is 5.56 Å². The third-order valence-corrected chi connectivity index (χ3v) is 5.29. The monoisotopic (exact) mass is 427 g/mol. The molecule has 3 aromatic rings. The molecule has 1 unspecified atom stereocenters. The smallest absolute Gasteiger partial charge is 0.146 e. The number of para-hydroxylation sites is 2. The Kier molecular flexibility index (Phi) is 7.20. The summed E-state index contributed by atoms with van der Waals surface area (Å²) in [5.41, 5.74) is 8.08. The van der Waals surface area contributed by atoms with E-state index in [0.717, 1.165) is 47.5 Å². The first-order chi connectivity index (χ1) is 15.7. The lowest BCUT2D eigenvalue weighted by Crippen LogP contribution is -2.37. The van der Waals surface area contributed by atoms with Crippen LogP contribution in [0.2, 0.25) is 0 Å². The minimum atomic E-state index is -0.486. The van der Waals surface area contributed by atoms with Crippen LogP contribution in [0.25, 0.3) is 5.70 Å². The summed E-state index contributed by atoms with van der Waals surface area (Å²) in [7, 11) is 0. The van der Waals surface area contributed by atoms with Crippen LogP contribution in [-0.2, 0) is 0 Å². The van der Waals surface area contributed by atoms with Crippen LogP contribution in [0.5, 0.6) is 5.75 Å². The van der Waals surface area contributed by atoms with Crippen LogP contribution in [0, 0.1) is 0 Å². The van der Waals surface area contributed by atoms with E-state index in [1.165, 1.54) is 0 Å². The van der Waals surface area contributed by atoms with Crippen molar-refractivity contribution in [2.24, 2.45) is 5.10 Å². The van der Waals surface area contributed by atoms with Crippen LogP contribution in [-0.4, -0.2) is 23.5 Å². The number of ether oxygens (including phenoxy) is 1. The maximum Gasteiger partial charge on any atom is 0.146 e. The van der Waals surface area contributed by atoms with Gasteiger partial charge in [0.25, 0.3) is 0 Å². The topological polar surface area (TPSA) is 57.1 Å². The minimum Gasteiger partial charge on any atom is -0.489 e. The van der Waals surface area contributed by atoms with E-state index in [1.54, 1.807) is 5.12 Å². The van der Waals surface area contributed by atoms with Crippen LogP contribution in [0.15, 0.2) is 96.1 Å². The van der Waals surface area contributed by atoms with Gasteiger partial charge in [-0.25, -0.2) is 0 Å². The van der Waals surface area contributed by atoms with E-state index < -0.39 is 6.10 Å². The number of hydrogen-bond donors (Lipinski definition) is 2. The first kappa shape index (κ1) is 21.7. The van der Waals surface area contributed by atoms with Gasteiger partial charge in [-0.15, -0.1) is 0 Å². The minimum absolute atomic E-state index is 0.251. The van der Waals surface area contributed by atoms with Gasteiger partial charge in [0.15, 0.2) is 0 Å². The number of hydrazone groups is 1. The Morgan fingerprint density at radius 1 is 0.906 bits per heavy atom. The number of nitrogens with one attached hydrogen (secondary N) is 1. The van der Waals surface area contributed by atoms with Crippen molar-refractivity contribution in [1.29, 1.82) is 0 Å². The summed E-state index contributed by atoms with van der Waals surface area (Å²) in [6.07, 6.45) is 4.34. The fraction of sp³-hybridized carbons (Fsp3) is 0.222. The summed E-state index contributed by atoms with van der Waals surface area (Å²) in [6, 6.07) is 28.0. The maximum atomic E-state index is 10.2. The molecule has 1 aliphatic heterocycles. The lowest BCUT2D eigenvalue weighted by Gasteiger charge is -2.29. The van der Waals surface area contributed by atoms with Crippen molar-refractivity contribution < 1.29 is 9.84 Å². The number of benzene rings is 3. The third-order valence-electron chi connectivity index (χ3n) is 5.29. The zero-order valence-corrected chi connectivity index (χ0v) is 18.3. The molecule has 1 atom stereocenters. The van der Waals surface area contributed by atoms with Crippen LogP contribution >= 0.6 is 0 Å². The Morgan fingerprint density at radius 2 is 1.56 bits per heavy atom. The van der Waals surface area contributed by atoms with E-state index in [4.69, 9.17) is 9.84 Å². The van der Waals surface area contributed by atoms with Gasteiger partial charge in [0.1, 0.15) is 18.0 Å². The lowest BCUT2D eigenvalue weighted by atomic mass is 10.1. The van der Waals surface area contributed by atoms with Gasteiger partial charge < -0.3 is 9.84 Å². The average molecular weight is 428 g/mol. The van der Waals surface area contributed by atoms with Crippen molar-refractivity contribution in [2.45, 2.75) is 32.3 Å². The van der Waals surface area contributed by atoms with Gasteiger partial charge in [-0.3, -0.25) is 5.43 Å². The highest BCUT2D eigenvalue weighted by molar-refractivity contribution is 6.13.